The van der Waals surface area contributed by atoms with E-state index in [9.17, 15) is 0 Å². The van der Waals surface area contributed by atoms with Crippen LogP contribution in [0.15, 0.2) is 261 Å². The fourth-order valence-corrected chi connectivity index (χ4v) is 13.5. The molecule has 0 amide bonds. The van der Waals surface area contributed by atoms with Crippen LogP contribution in [0.4, 0.5) is 34.1 Å². The summed E-state index contributed by atoms with van der Waals surface area (Å²) in [5.41, 5.74) is 19.0. The van der Waals surface area contributed by atoms with E-state index < -0.39 is 0 Å². The van der Waals surface area contributed by atoms with Crippen LogP contribution in [0.1, 0.15) is 0 Å². The lowest BCUT2D eigenvalue weighted by atomic mass is 9.98. The van der Waals surface area contributed by atoms with Gasteiger partial charge < -0.3 is 27.5 Å². The average molecular weight is 1080 g/mol. The first-order valence-corrected chi connectivity index (χ1v) is 28.0. The number of aromatic nitrogens is 4. The SMILES string of the molecule is c1ccc2c(c1)-c1cccc3cc(N(c4cnc5oc6ccccc6c5c4)c4ccnc5c4oc4ccc(-c6ccc7oc8c(N(c9cc%10ccccc%10c%10ccccc9%10)c9cccc%10c9oc9ncccc9%10)ccnc8c7c6)cc45)cc-2c13. The van der Waals surface area contributed by atoms with E-state index in [4.69, 9.17) is 32.6 Å². The Morgan fingerprint density at radius 2 is 0.893 bits per heavy atom. The lowest BCUT2D eigenvalue weighted by molar-refractivity contribution is 0.653. The number of anilines is 6. The lowest BCUT2D eigenvalue weighted by Crippen LogP contribution is -2.11. The highest BCUT2D eigenvalue weighted by Gasteiger charge is 2.29. The summed E-state index contributed by atoms with van der Waals surface area (Å²) >= 11 is 0. The van der Waals surface area contributed by atoms with E-state index in [1.54, 1.807) is 6.20 Å². The summed E-state index contributed by atoms with van der Waals surface area (Å²) in [7, 11) is 0. The summed E-state index contributed by atoms with van der Waals surface area (Å²) in [5.74, 6) is 0. The van der Waals surface area contributed by atoms with E-state index in [1.807, 2.05) is 61.1 Å². The molecule has 10 nitrogen and oxygen atoms in total. The molecule has 84 heavy (non-hydrogen) atoms. The Morgan fingerprint density at radius 1 is 0.286 bits per heavy atom. The molecule has 0 aliphatic heterocycles. The molecule has 0 fully saturated rings. The molecule has 10 aromatic carbocycles. The van der Waals surface area contributed by atoms with Crippen LogP contribution in [0.5, 0.6) is 0 Å². The first-order valence-electron chi connectivity index (χ1n) is 28.0. The highest BCUT2D eigenvalue weighted by Crippen LogP contribution is 2.53. The molecule has 1 aliphatic carbocycles. The van der Waals surface area contributed by atoms with Crippen molar-refractivity contribution < 1.29 is 17.7 Å². The van der Waals surface area contributed by atoms with E-state index in [-0.39, 0.29) is 0 Å². The monoisotopic (exact) mass is 1080 g/mol. The summed E-state index contributed by atoms with van der Waals surface area (Å²) in [4.78, 5) is 24.3. The molecular formula is C74H40N6O4. The zero-order chi connectivity index (χ0) is 54.7. The van der Waals surface area contributed by atoms with Crippen molar-refractivity contribution >= 4 is 155 Å². The van der Waals surface area contributed by atoms with Crippen molar-refractivity contribution in [2.75, 3.05) is 9.80 Å². The molecule has 18 aromatic rings. The molecule has 0 N–H and O–H groups in total. The van der Waals surface area contributed by atoms with Gasteiger partial charge in [0.25, 0.3) is 0 Å². The molecule has 390 valence electrons. The quantitative estimate of drug-likeness (QED) is 0.143. The van der Waals surface area contributed by atoms with Gasteiger partial charge in [0.05, 0.1) is 40.0 Å². The van der Waals surface area contributed by atoms with Gasteiger partial charge in [0.2, 0.25) is 11.4 Å². The molecule has 10 heteroatoms. The predicted octanol–water partition coefficient (Wildman–Crippen LogP) is 20.6. The van der Waals surface area contributed by atoms with E-state index in [0.717, 1.165) is 127 Å². The minimum Gasteiger partial charge on any atom is -0.452 e. The number of pyridine rings is 4. The van der Waals surface area contributed by atoms with E-state index in [2.05, 4.69) is 191 Å². The molecule has 0 saturated heterocycles. The maximum atomic E-state index is 7.01. The van der Waals surface area contributed by atoms with E-state index in [0.29, 0.717) is 28.2 Å². The van der Waals surface area contributed by atoms with Crippen molar-refractivity contribution in [3.8, 4) is 33.4 Å². The third-order valence-corrected chi connectivity index (χ3v) is 17.2. The predicted molar refractivity (Wildman–Crippen MR) is 338 cm³/mol. The Balaban J connectivity index is 0.775. The van der Waals surface area contributed by atoms with Gasteiger partial charge in [0.1, 0.15) is 27.8 Å². The van der Waals surface area contributed by atoms with Crippen LogP contribution in [0.25, 0.3) is 154 Å². The van der Waals surface area contributed by atoms with Gasteiger partial charge in [0.15, 0.2) is 16.7 Å². The fourth-order valence-electron chi connectivity index (χ4n) is 13.5. The van der Waals surface area contributed by atoms with Crippen LogP contribution in [0.2, 0.25) is 0 Å². The van der Waals surface area contributed by atoms with Crippen molar-refractivity contribution in [1.82, 2.24) is 19.9 Å². The van der Waals surface area contributed by atoms with Crippen LogP contribution in [-0.2, 0) is 0 Å². The maximum absolute atomic E-state index is 7.01. The molecule has 0 bridgehead atoms. The average Bonchev–Trinajstić information content (AvgIpc) is 2.94. The van der Waals surface area contributed by atoms with Crippen molar-refractivity contribution in [2.24, 2.45) is 0 Å². The molecule has 0 spiro atoms. The van der Waals surface area contributed by atoms with Gasteiger partial charge >= 0.3 is 0 Å². The first kappa shape index (κ1) is 45.1. The minimum atomic E-state index is 0.578. The van der Waals surface area contributed by atoms with Gasteiger partial charge in [-0.25, -0.2) is 9.97 Å². The number of hydrogen-bond donors (Lipinski definition) is 0. The summed E-state index contributed by atoms with van der Waals surface area (Å²) < 4.78 is 26.9. The van der Waals surface area contributed by atoms with Crippen LogP contribution in [0.3, 0.4) is 0 Å². The van der Waals surface area contributed by atoms with Crippen LogP contribution in [0, 0.1) is 0 Å². The molecule has 8 aromatic heterocycles. The lowest BCUT2D eigenvalue weighted by Gasteiger charge is -2.27. The molecule has 0 radical (unpaired) electrons. The maximum Gasteiger partial charge on any atom is 0.227 e. The van der Waals surface area contributed by atoms with Crippen molar-refractivity contribution in [1.29, 1.82) is 0 Å². The highest BCUT2D eigenvalue weighted by atomic mass is 16.3. The first-order chi connectivity index (χ1) is 41.6. The standard InChI is InChI=1S/C74H40N6O4/c1-2-14-47-43(12-1)37-63(51-18-6-5-15-48(47)51)80(60-23-10-21-54-55-22-11-31-77-73(55)84-70(54)60)62-30-33-76-69-59-36-42(26-28-66(59)82-72(62)69)41-25-27-65-58(35-41)68-71(81-65)61(29-32-75-68)79(46-39-57-52-19-7-8-24-64(52)83-74(57)78-40-46)45-34-44-13-9-20-53-49-16-3-4-17-50(49)56(38-45)67(44)53/h1-40H. The molecule has 19 rings (SSSR count). The van der Waals surface area contributed by atoms with Crippen LogP contribution < -0.4 is 9.80 Å². The Hall–Kier alpha value is -11.6. The Bertz CT molecular complexity index is 5870. The van der Waals surface area contributed by atoms with Gasteiger partial charge in [-0.2, -0.15) is 0 Å². The van der Waals surface area contributed by atoms with Gasteiger partial charge in [-0.3, -0.25) is 9.97 Å². The highest BCUT2D eigenvalue weighted by molar-refractivity contribution is 6.20. The molecule has 0 atom stereocenters. The Kier molecular flexibility index (Phi) is 9.12. The van der Waals surface area contributed by atoms with Crippen molar-refractivity contribution in [3.63, 3.8) is 0 Å². The summed E-state index contributed by atoms with van der Waals surface area (Å²) in [5, 5.41) is 12.5. The number of furan rings is 4. The normalized spacial score (nSPS) is 12.3. The second-order valence-corrected chi connectivity index (χ2v) is 21.7. The number of rotatable bonds is 7. The molecule has 1 aliphatic rings. The number of benzene rings is 10. The van der Waals surface area contributed by atoms with E-state index >= 15 is 0 Å². The molecular weight excluding hydrogens is 1040 g/mol. The fraction of sp³-hybridized carbons (Fsp3) is 0. The molecule has 0 unspecified atom stereocenters. The Labute approximate surface area is 476 Å². The molecule has 0 saturated carbocycles. The van der Waals surface area contributed by atoms with Gasteiger partial charge in [-0.1, -0.05) is 133 Å². The van der Waals surface area contributed by atoms with E-state index in [1.165, 1.54) is 33.0 Å². The van der Waals surface area contributed by atoms with Crippen molar-refractivity contribution in [3.05, 3.63) is 243 Å². The summed E-state index contributed by atoms with van der Waals surface area (Å²) in [6.45, 7) is 0. The smallest absolute Gasteiger partial charge is 0.227 e. The number of fused-ring (bicyclic) bond motifs is 18. The number of para-hydroxylation sites is 2. The van der Waals surface area contributed by atoms with Crippen LogP contribution >= 0.6 is 0 Å². The Morgan fingerprint density at radius 3 is 1.69 bits per heavy atom. The third-order valence-electron chi connectivity index (χ3n) is 17.2. The van der Waals surface area contributed by atoms with Gasteiger partial charge in [-0.15, -0.1) is 0 Å². The second kappa shape index (κ2) is 17.0. The summed E-state index contributed by atoms with van der Waals surface area (Å²) in [6.07, 6.45) is 7.41. The zero-order valence-electron chi connectivity index (χ0n) is 44.4. The van der Waals surface area contributed by atoms with Crippen LogP contribution in [-0.4, -0.2) is 19.9 Å². The number of nitrogens with zero attached hydrogens (tertiary/aromatic N) is 6. The van der Waals surface area contributed by atoms with Gasteiger partial charge in [0, 0.05) is 56.6 Å². The molecule has 8 heterocycles. The minimum absolute atomic E-state index is 0.578. The topological polar surface area (TPSA) is 111 Å². The zero-order valence-corrected chi connectivity index (χ0v) is 44.4. The second-order valence-electron chi connectivity index (χ2n) is 21.7. The van der Waals surface area contributed by atoms with Crippen molar-refractivity contribution in [2.45, 2.75) is 0 Å². The number of hydrogen-bond acceptors (Lipinski definition) is 10. The largest absolute Gasteiger partial charge is 0.452 e. The summed E-state index contributed by atoms with van der Waals surface area (Å²) in [6, 6.07) is 76.5. The third kappa shape index (κ3) is 6.38. The van der Waals surface area contributed by atoms with Gasteiger partial charge in [-0.05, 0) is 145 Å².